The van der Waals surface area contributed by atoms with Gasteiger partial charge in [-0.1, -0.05) is 43.3 Å². The van der Waals surface area contributed by atoms with Crippen molar-refractivity contribution in [2.75, 3.05) is 0 Å². The smallest absolute Gasteiger partial charge is 0.0551 e. The van der Waals surface area contributed by atoms with Crippen LogP contribution < -0.4 is 5.73 Å². The molecule has 0 spiro atoms. The van der Waals surface area contributed by atoms with Gasteiger partial charge < -0.3 is 5.73 Å². The molecule has 0 amide bonds. The summed E-state index contributed by atoms with van der Waals surface area (Å²) in [5, 5.41) is 0. The van der Waals surface area contributed by atoms with E-state index < -0.39 is 0 Å². The van der Waals surface area contributed by atoms with Gasteiger partial charge in [-0.15, -0.1) is 0 Å². The number of rotatable bonds is 3. The maximum Gasteiger partial charge on any atom is 0.0551 e. The molecule has 0 aliphatic heterocycles. The molecule has 1 atom stereocenters. The lowest BCUT2D eigenvalue weighted by Gasteiger charge is -2.13. The third kappa shape index (κ3) is 3.07. The number of hydrogen-bond acceptors (Lipinski definition) is 1. The van der Waals surface area contributed by atoms with E-state index in [-0.39, 0.29) is 6.04 Å². The van der Waals surface area contributed by atoms with Gasteiger partial charge in [0.2, 0.25) is 0 Å². The molecule has 2 aromatic rings. The zero-order chi connectivity index (χ0) is 12.3. The summed E-state index contributed by atoms with van der Waals surface area (Å²) in [6, 6.07) is 16.9. The highest BCUT2D eigenvalue weighted by molar-refractivity contribution is 14.1. The third-order valence-electron chi connectivity index (χ3n) is 2.95. The highest BCUT2D eigenvalue weighted by Gasteiger charge is 2.08. The molecule has 0 heterocycles. The minimum absolute atomic E-state index is 0.0292. The lowest BCUT2D eigenvalue weighted by molar-refractivity contribution is 0.867. The van der Waals surface area contributed by atoms with Crippen molar-refractivity contribution in [2.45, 2.75) is 19.4 Å². The first kappa shape index (κ1) is 12.6. The Kier molecular flexibility index (Phi) is 4.18. The van der Waals surface area contributed by atoms with E-state index in [9.17, 15) is 0 Å². The van der Waals surface area contributed by atoms with Gasteiger partial charge in [0.15, 0.2) is 0 Å². The van der Waals surface area contributed by atoms with Crippen molar-refractivity contribution in [2.24, 2.45) is 5.73 Å². The van der Waals surface area contributed by atoms with Crippen LogP contribution in [0.3, 0.4) is 0 Å². The zero-order valence-corrected chi connectivity index (χ0v) is 12.0. The van der Waals surface area contributed by atoms with Crippen LogP contribution in [-0.4, -0.2) is 0 Å². The Hall–Kier alpha value is -0.870. The number of nitrogens with two attached hydrogens (primary N) is 1. The van der Waals surface area contributed by atoms with Gasteiger partial charge in [-0.3, -0.25) is 0 Å². The maximum absolute atomic E-state index is 6.29. The molecule has 0 aromatic heterocycles. The zero-order valence-electron chi connectivity index (χ0n) is 9.86. The monoisotopic (exact) mass is 337 g/mol. The van der Waals surface area contributed by atoms with E-state index >= 15 is 0 Å². The summed E-state index contributed by atoms with van der Waals surface area (Å²) in [6.07, 6.45) is 1.05. The largest absolute Gasteiger partial charge is 0.320 e. The number of hydrogen-bond donors (Lipinski definition) is 1. The summed E-state index contributed by atoms with van der Waals surface area (Å²) in [4.78, 5) is 0. The van der Waals surface area contributed by atoms with Gasteiger partial charge in [-0.05, 0) is 57.8 Å². The first-order valence-corrected chi connectivity index (χ1v) is 6.88. The highest BCUT2D eigenvalue weighted by atomic mass is 127. The normalized spacial score (nSPS) is 12.4. The molecule has 0 saturated carbocycles. The van der Waals surface area contributed by atoms with Crippen molar-refractivity contribution in [3.63, 3.8) is 0 Å². The van der Waals surface area contributed by atoms with Crippen LogP contribution in [0.1, 0.15) is 29.7 Å². The molecule has 17 heavy (non-hydrogen) atoms. The Morgan fingerprint density at radius 2 is 1.76 bits per heavy atom. The van der Waals surface area contributed by atoms with E-state index in [1.165, 1.54) is 20.3 Å². The second-order valence-corrected chi connectivity index (χ2v) is 5.37. The predicted octanol–water partition coefficient (Wildman–Crippen LogP) is 3.90. The molecule has 2 heteroatoms. The van der Waals surface area contributed by atoms with E-state index in [4.69, 9.17) is 5.73 Å². The molecule has 0 aliphatic carbocycles. The second kappa shape index (κ2) is 5.65. The molecular formula is C15H16IN. The van der Waals surface area contributed by atoms with E-state index in [2.05, 4.69) is 78.0 Å². The average molecular weight is 337 g/mol. The van der Waals surface area contributed by atoms with Crippen molar-refractivity contribution in [3.05, 3.63) is 68.8 Å². The van der Waals surface area contributed by atoms with E-state index in [1.54, 1.807) is 0 Å². The summed E-state index contributed by atoms with van der Waals surface area (Å²) in [7, 11) is 0. The Labute approximate surface area is 116 Å². The fraction of sp³-hybridized carbons (Fsp3) is 0.200. The molecule has 0 bridgehead atoms. The van der Waals surface area contributed by atoms with Crippen LogP contribution in [0, 0.1) is 3.57 Å². The highest BCUT2D eigenvalue weighted by Crippen LogP contribution is 2.21. The van der Waals surface area contributed by atoms with Crippen LogP contribution in [-0.2, 0) is 6.42 Å². The predicted molar refractivity (Wildman–Crippen MR) is 81.0 cm³/mol. The lowest BCUT2D eigenvalue weighted by atomic mass is 9.97. The molecule has 1 nitrogen and oxygen atoms in total. The average Bonchev–Trinajstić information content (AvgIpc) is 2.39. The molecule has 2 rings (SSSR count). The second-order valence-electron chi connectivity index (χ2n) is 4.13. The number of aryl methyl sites for hydroxylation is 1. The molecule has 0 saturated heterocycles. The van der Waals surface area contributed by atoms with Crippen molar-refractivity contribution in [1.29, 1.82) is 0 Å². The van der Waals surface area contributed by atoms with Gasteiger partial charge in [-0.25, -0.2) is 0 Å². The third-order valence-corrected chi connectivity index (χ3v) is 3.67. The fourth-order valence-corrected chi connectivity index (χ4v) is 2.23. The van der Waals surface area contributed by atoms with Crippen molar-refractivity contribution >= 4 is 22.6 Å². The van der Waals surface area contributed by atoms with Crippen LogP contribution in [0.4, 0.5) is 0 Å². The Morgan fingerprint density at radius 3 is 2.41 bits per heavy atom. The molecule has 0 fully saturated rings. The fourth-order valence-electron chi connectivity index (χ4n) is 1.87. The lowest BCUT2D eigenvalue weighted by Crippen LogP contribution is -2.11. The molecule has 0 radical (unpaired) electrons. The van der Waals surface area contributed by atoms with Gasteiger partial charge >= 0.3 is 0 Å². The Bertz CT molecular complexity index is 491. The summed E-state index contributed by atoms with van der Waals surface area (Å²) in [5.41, 5.74) is 9.98. The first-order valence-electron chi connectivity index (χ1n) is 5.80. The molecule has 2 aromatic carbocycles. The standard InChI is InChI=1S/C15H16IN/c1-2-11-4-3-5-13(10-11)15(17)12-6-8-14(16)9-7-12/h3-10,15H,2,17H2,1H3. The Morgan fingerprint density at radius 1 is 1.06 bits per heavy atom. The quantitative estimate of drug-likeness (QED) is 0.845. The van der Waals surface area contributed by atoms with Crippen molar-refractivity contribution in [1.82, 2.24) is 0 Å². The van der Waals surface area contributed by atoms with Crippen molar-refractivity contribution in [3.8, 4) is 0 Å². The van der Waals surface area contributed by atoms with Crippen LogP contribution in [0.15, 0.2) is 48.5 Å². The summed E-state index contributed by atoms with van der Waals surface area (Å²) >= 11 is 2.31. The van der Waals surface area contributed by atoms with Crippen LogP contribution in [0.5, 0.6) is 0 Å². The van der Waals surface area contributed by atoms with Crippen LogP contribution in [0.25, 0.3) is 0 Å². The van der Waals surface area contributed by atoms with Gasteiger partial charge in [0.05, 0.1) is 6.04 Å². The van der Waals surface area contributed by atoms with E-state index in [0.29, 0.717) is 0 Å². The summed E-state index contributed by atoms with van der Waals surface area (Å²) < 4.78 is 1.24. The number of benzene rings is 2. The molecule has 88 valence electrons. The molecule has 2 N–H and O–H groups in total. The molecular weight excluding hydrogens is 321 g/mol. The van der Waals surface area contributed by atoms with Gasteiger partial charge in [-0.2, -0.15) is 0 Å². The summed E-state index contributed by atoms with van der Waals surface area (Å²) in [6.45, 7) is 2.16. The molecule has 0 aliphatic rings. The first-order chi connectivity index (χ1) is 8.20. The van der Waals surface area contributed by atoms with E-state index in [1.807, 2.05) is 0 Å². The van der Waals surface area contributed by atoms with Gasteiger partial charge in [0, 0.05) is 3.57 Å². The molecule has 1 unspecified atom stereocenters. The van der Waals surface area contributed by atoms with E-state index in [0.717, 1.165) is 6.42 Å². The number of halogens is 1. The topological polar surface area (TPSA) is 26.0 Å². The maximum atomic E-state index is 6.29. The summed E-state index contributed by atoms with van der Waals surface area (Å²) in [5.74, 6) is 0. The van der Waals surface area contributed by atoms with Gasteiger partial charge in [0.25, 0.3) is 0 Å². The minimum Gasteiger partial charge on any atom is -0.320 e. The van der Waals surface area contributed by atoms with Crippen LogP contribution in [0.2, 0.25) is 0 Å². The Balaban J connectivity index is 2.29. The minimum atomic E-state index is -0.0292. The van der Waals surface area contributed by atoms with Crippen LogP contribution >= 0.6 is 22.6 Å². The SMILES string of the molecule is CCc1cccc(C(N)c2ccc(I)cc2)c1. The van der Waals surface area contributed by atoms with Gasteiger partial charge in [0.1, 0.15) is 0 Å². The van der Waals surface area contributed by atoms with Crippen molar-refractivity contribution < 1.29 is 0 Å².